The van der Waals surface area contributed by atoms with Crippen LogP contribution in [0.5, 0.6) is 0 Å². The van der Waals surface area contributed by atoms with Crippen molar-refractivity contribution in [3.63, 3.8) is 0 Å². The second kappa shape index (κ2) is 6.28. The number of carbonyl (C=O) groups is 2. The topological polar surface area (TPSA) is 77.8 Å². The van der Waals surface area contributed by atoms with Crippen LogP contribution in [0.4, 0.5) is 0 Å². The summed E-state index contributed by atoms with van der Waals surface area (Å²) >= 11 is 6.17. The molecule has 0 bridgehead atoms. The van der Waals surface area contributed by atoms with Crippen LogP contribution in [0.15, 0.2) is 35.6 Å². The highest BCUT2D eigenvalue weighted by atomic mass is 35.5. The normalized spacial score (nSPS) is 18.5. The van der Waals surface area contributed by atoms with Gasteiger partial charge in [0.2, 0.25) is 0 Å². The summed E-state index contributed by atoms with van der Waals surface area (Å²) in [5.41, 5.74) is 0.630. The number of hydrogen-bond acceptors (Lipinski definition) is 4. The van der Waals surface area contributed by atoms with Crippen LogP contribution in [0.1, 0.15) is 24.9 Å². The molecular formula is C15H16ClNO4. The van der Waals surface area contributed by atoms with Gasteiger partial charge in [-0.1, -0.05) is 29.8 Å². The fourth-order valence-electron chi connectivity index (χ4n) is 2.51. The number of aliphatic hydroxyl groups is 2. The lowest BCUT2D eigenvalue weighted by Gasteiger charge is -2.27. The smallest absolute Gasteiger partial charge is 0.290 e. The van der Waals surface area contributed by atoms with E-state index in [1.165, 1.54) is 11.8 Å². The Morgan fingerprint density at radius 1 is 1.38 bits per heavy atom. The van der Waals surface area contributed by atoms with E-state index in [2.05, 4.69) is 0 Å². The van der Waals surface area contributed by atoms with Gasteiger partial charge in [0.1, 0.15) is 0 Å². The molecule has 1 heterocycles. The molecule has 21 heavy (non-hydrogen) atoms. The standard InChI is InChI=1S/C15H16ClNO4/c1-9(19)12-13(10-5-2-3-6-11(10)16)17(7-4-8-18)15(21)14(12)20/h2-3,5-6,13,18,20H,4,7-8H2,1H3. The van der Waals surface area contributed by atoms with Gasteiger partial charge in [-0.15, -0.1) is 0 Å². The van der Waals surface area contributed by atoms with Crippen molar-refractivity contribution in [1.29, 1.82) is 0 Å². The molecule has 1 aromatic rings. The van der Waals surface area contributed by atoms with Gasteiger partial charge < -0.3 is 15.1 Å². The van der Waals surface area contributed by atoms with Crippen molar-refractivity contribution in [2.45, 2.75) is 19.4 Å². The van der Waals surface area contributed by atoms with E-state index in [0.29, 0.717) is 17.0 Å². The number of amides is 1. The first-order valence-electron chi connectivity index (χ1n) is 6.59. The molecule has 112 valence electrons. The number of rotatable bonds is 5. The zero-order valence-corrected chi connectivity index (χ0v) is 12.3. The third kappa shape index (κ3) is 2.80. The first-order chi connectivity index (χ1) is 9.99. The minimum atomic E-state index is -0.713. The highest BCUT2D eigenvalue weighted by Crippen LogP contribution is 2.40. The van der Waals surface area contributed by atoms with Gasteiger partial charge in [-0.25, -0.2) is 0 Å². The quantitative estimate of drug-likeness (QED) is 0.872. The predicted molar refractivity (Wildman–Crippen MR) is 77.9 cm³/mol. The van der Waals surface area contributed by atoms with Crippen molar-refractivity contribution < 1.29 is 19.8 Å². The summed E-state index contributed by atoms with van der Waals surface area (Å²) < 4.78 is 0. The molecule has 1 unspecified atom stereocenters. The maximum Gasteiger partial charge on any atom is 0.290 e. The molecule has 0 saturated heterocycles. The summed E-state index contributed by atoms with van der Waals surface area (Å²) in [7, 11) is 0. The van der Waals surface area contributed by atoms with Crippen LogP contribution in [-0.2, 0) is 9.59 Å². The van der Waals surface area contributed by atoms with E-state index >= 15 is 0 Å². The highest BCUT2D eigenvalue weighted by molar-refractivity contribution is 6.31. The zero-order valence-electron chi connectivity index (χ0n) is 11.5. The van der Waals surface area contributed by atoms with Crippen LogP contribution in [-0.4, -0.2) is 40.0 Å². The zero-order chi connectivity index (χ0) is 15.6. The number of Topliss-reactive ketones (excluding diaryl/α,β-unsaturated/α-hetero) is 1. The van der Waals surface area contributed by atoms with Gasteiger partial charge in [-0.2, -0.15) is 0 Å². The maximum atomic E-state index is 12.2. The van der Waals surface area contributed by atoms with Gasteiger partial charge in [-0.3, -0.25) is 9.59 Å². The lowest BCUT2D eigenvalue weighted by Crippen LogP contribution is -2.32. The third-order valence-electron chi connectivity index (χ3n) is 3.44. The number of hydrogen-bond donors (Lipinski definition) is 2. The second-order valence-electron chi connectivity index (χ2n) is 4.82. The second-order valence-corrected chi connectivity index (χ2v) is 5.23. The molecule has 6 heteroatoms. The number of ketones is 1. The fourth-order valence-corrected chi connectivity index (χ4v) is 2.74. The van der Waals surface area contributed by atoms with Crippen molar-refractivity contribution in [3.05, 3.63) is 46.2 Å². The lowest BCUT2D eigenvalue weighted by molar-refractivity contribution is -0.129. The molecule has 1 aromatic carbocycles. The molecule has 0 fully saturated rings. The Morgan fingerprint density at radius 2 is 2.05 bits per heavy atom. The average Bonchev–Trinajstić information content (AvgIpc) is 2.69. The largest absolute Gasteiger partial charge is 0.503 e. The molecule has 0 radical (unpaired) electrons. The molecular weight excluding hydrogens is 294 g/mol. The van der Waals surface area contributed by atoms with Gasteiger partial charge >= 0.3 is 0 Å². The summed E-state index contributed by atoms with van der Waals surface area (Å²) in [5, 5.41) is 19.4. The molecule has 1 atom stereocenters. The summed E-state index contributed by atoms with van der Waals surface area (Å²) in [6.45, 7) is 1.44. The van der Waals surface area contributed by atoms with Crippen LogP contribution >= 0.6 is 11.6 Å². The van der Waals surface area contributed by atoms with Crippen LogP contribution in [0.2, 0.25) is 5.02 Å². The van der Waals surface area contributed by atoms with Gasteiger partial charge in [0.05, 0.1) is 11.6 Å². The van der Waals surface area contributed by atoms with Crippen LogP contribution in [0.25, 0.3) is 0 Å². The van der Waals surface area contributed by atoms with Crippen molar-refractivity contribution in [2.75, 3.05) is 13.2 Å². The first-order valence-corrected chi connectivity index (χ1v) is 6.97. The molecule has 0 aromatic heterocycles. The van der Waals surface area contributed by atoms with Crippen molar-refractivity contribution in [2.24, 2.45) is 0 Å². The van der Waals surface area contributed by atoms with Crippen LogP contribution < -0.4 is 0 Å². The Bertz CT molecular complexity index is 611. The van der Waals surface area contributed by atoms with E-state index in [0.717, 1.165) is 0 Å². The monoisotopic (exact) mass is 309 g/mol. The summed E-state index contributed by atoms with van der Waals surface area (Å²) in [5.74, 6) is -1.53. The van der Waals surface area contributed by atoms with E-state index in [1.807, 2.05) is 0 Å². The average molecular weight is 310 g/mol. The van der Waals surface area contributed by atoms with Crippen molar-refractivity contribution >= 4 is 23.3 Å². The van der Waals surface area contributed by atoms with Crippen LogP contribution in [0.3, 0.4) is 0 Å². The van der Waals surface area contributed by atoms with Crippen molar-refractivity contribution in [1.82, 2.24) is 4.90 Å². The van der Waals surface area contributed by atoms with E-state index in [9.17, 15) is 14.7 Å². The Balaban J connectivity index is 2.52. The van der Waals surface area contributed by atoms with Crippen LogP contribution in [0, 0.1) is 0 Å². The molecule has 1 aliphatic rings. The Kier molecular flexibility index (Phi) is 4.65. The molecule has 0 aliphatic carbocycles. The van der Waals surface area contributed by atoms with E-state index in [4.69, 9.17) is 16.7 Å². The number of halogens is 1. The number of benzene rings is 1. The SMILES string of the molecule is CC(=O)C1=C(O)C(=O)N(CCCO)C1c1ccccc1Cl. The van der Waals surface area contributed by atoms with Gasteiger partial charge in [0.25, 0.3) is 5.91 Å². The Hall–Kier alpha value is -1.85. The molecule has 1 aliphatic heterocycles. The predicted octanol–water partition coefficient (Wildman–Crippen LogP) is 2.01. The third-order valence-corrected chi connectivity index (χ3v) is 3.78. The Labute approximate surface area is 127 Å². The summed E-state index contributed by atoms with van der Waals surface area (Å²) in [4.78, 5) is 25.4. The van der Waals surface area contributed by atoms with E-state index in [1.54, 1.807) is 24.3 Å². The molecule has 2 rings (SSSR count). The van der Waals surface area contributed by atoms with E-state index < -0.39 is 17.7 Å². The maximum absolute atomic E-state index is 12.2. The van der Waals surface area contributed by atoms with Gasteiger partial charge in [0.15, 0.2) is 11.5 Å². The van der Waals surface area contributed by atoms with Gasteiger partial charge in [0, 0.05) is 18.2 Å². The Morgan fingerprint density at radius 3 is 2.62 bits per heavy atom. The van der Waals surface area contributed by atoms with Gasteiger partial charge in [-0.05, 0) is 25.0 Å². The minimum absolute atomic E-state index is 0.0473. The first kappa shape index (κ1) is 15.5. The lowest BCUT2D eigenvalue weighted by atomic mass is 9.96. The fraction of sp³-hybridized carbons (Fsp3) is 0.333. The molecule has 5 nitrogen and oxygen atoms in total. The highest BCUT2D eigenvalue weighted by Gasteiger charge is 2.42. The minimum Gasteiger partial charge on any atom is -0.503 e. The molecule has 0 saturated carbocycles. The number of carbonyl (C=O) groups excluding carboxylic acids is 2. The van der Waals surface area contributed by atoms with Crippen molar-refractivity contribution in [3.8, 4) is 0 Å². The molecule has 0 spiro atoms. The van der Waals surface area contributed by atoms with E-state index in [-0.39, 0.29) is 24.5 Å². The molecule has 2 N–H and O–H groups in total. The summed E-state index contributed by atoms with van der Waals surface area (Å²) in [6.07, 6.45) is 0.352. The number of aliphatic hydroxyl groups excluding tert-OH is 2. The molecule has 1 amide bonds. The summed E-state index contributed by atoms with van der Waals surface area (Å²) in [6, 6.07) is 6.17. The number of nitrogens with zero attached hydrogens (tertiary/aromatic N) is 1.